The fourth-order valence-corrected chi connectivity index (χ4v) is 3.92. The van der Waals surface area contributed by atoms with Crippen molar-refractivity contribution in [1.29, 1.82) is 0 Å². The molecule has 0 radical (unpaired) electrons. The molecule has 1 aliphatic heterocycles. The monoisotopic (exact) mass is 387 g/mol. The van der Waals surface area contributed by atoms with E-state index in [1.807, 2.05) is 36.5 Å². The second-order valence-electron chi connectivity index (χ2n) is 6.08. The number of pyridine rings is 1. The highest BCUT2D eigenvalue weighted by atomic mass is 32.2. The molecule has 0 amide bonds. The van der Waals surface area contributed by atoms with E-state index < -0.39 is 0 Å². The Morgan fingerprint density at radius 1 is 1.04 bits per heavy atom. The molecule has 1 aromatic carbocycles. The van der Waals surface area contributed by atoms with Crippen LogP contribution in [0.25, 0.3) is 0 Å². The Kier molecular flexibility index (Phi) is 6.81. The first-order chi connectivity index (χ1) is 13.2. The number of thioether (sulfide) groups is 1. The molecule has 6 nitrogen and oxygen atoms in total. The first-order valence-electron chi connectivity index (χ1n) is 8.86. The van der Waals surface area contributed by atoms with Crippen LogP contribution >= 0.6 is 11.8 Å². The molecule has 0 N–H and O–H groups in total. The van der Waals surface area contributed by atoms with E-state index in [1.54, 1.807) is 33.1 Å². The van der Waals surface area contributed by atoms with Crippen molar-refractivity contribution in [3.63, 3.8) is 0 Å². The molecule has 0 atom stereocenters. The minimum Gasteiger partial charge on any atom is -0.493 e. The number of aromatic nitrogens is 1. The Morgan fingerprint density at radius 2 is 1.81 bits per heavy atom. The maximum atomic E-state index is 5.49. The van der Waals surface area contributed by atoms with Crippen molar-refractivity contribution in [2.45, 2.75) is 19.5 Å². The predicted octanol–water partition coefficient (Wildman–Crippen LogP) is 3.60. The average Bonchev–Trinajstić information content (AvgIpc) is 2.73. The lowest BCUT2D eigenvalue weighted by Crippen LogP contribution is -2.30. The van der Waals surface area contributed by atoms with Crippen LogP contribution in [-0.4, -0.2) is 48.7 Å². The molecule has 0 bridgehead atoms. The zero-order chi connectivity index (χ0) is 19.1. The van der Waals surface area contributed by atoms with Crippen molar-refractivity contribution in [2.24, 2.45) is 4.99 Å². The number of ether oxygens (including phenoxy) is 3. The summed E-state index contributed by atoms with van der Waals surface area (Å²) in [5.74, 6) is 3.00. The van der Waals surface area contributed by atoms with Crippen molar-refractivity contribution in [3.05, 3.63) is 47.8 Å². The number of amidine groups is 1. The SMILES string of the molecule is COc1cc(CN(Cc2ccccn2)C2=NCCCS2)cc(OC)c1OC. The van der Waals surface area contributed by atoms with Crippen LogP contribution in [0, 0.1) is 0 Å². The van der Waals surface area contributed by atoms with E-state index in [0.29, 0.717) is 30.3 Å². The fourth-order valence-electron chi connectivity index (χ4n) is 2.97. The summed E-state index contributed by atoms with van der Waals surface area (Å²) in [5, 5.41) is 1.06. The van der Waals surface area contributed by atoms with Gasteiger partial charge in [0.2, 0.25) is 5.75 Å². The van der Waals surface area contributed by atoms with Crippen LogP contribution in [0.4, 0.5) is 0 Å². The first kappa shape index (κ1) is 19.4. The molecule has 144 valence electrons. The number of benzene rings is 1. The topological polar surface area (TPSA) is 56.2 Å². The number of rotatable bonds is 7. The van der Waals surface area contributed by atoms with Crippen LogP contribution in [0.3, 0.4) is 0 Å². The Morgan fingerprint density at radius 3 is 2.37 bits per heavy atom. The molecule has 0 spiro atoms. The highest BCUT2D eigenvalue weighted by Crippen LogP contribution is 2.38. The van der Waals surface area contributed by atoms with Crippen molar-refractivity contribution >= 4 is 16.9 Å². The van der Waals surface area contributed by atoms with Crippen LogP contribution in [0.1, 0.15) is 17.7 Å². The lowest BCUT2D eigenvalue weighted by atomic mass is 10.1. The Bertz CT molecular complexity index is 758. The van der Waals surface area contributed by atoms with E-state index in [9.17, 15) is 0 Å². The van der Waals surface area contributed by atoms with Gasteiger partial charge in [0.1, 0.15) is 0 Å². The fraction of sp³-hybridized carbons (Fsp3) is 0.400. The van der Waals surface area contributed by atoms with Gasteiger partial charge in [0.25, 0.3) is 0 Å². The molecule has 0 unspecified atom stereocenters. The maximum Gasteiger partial charge on any atom is 0.203 e. The molecule has 27 heavy (non-hydrogen) atoms. The minimum absolute atomic E-state index is 0.601. The Labute approximate surface area is 164 Å². The third-order valence-corrected chi connectivity index (χ3v) is 5.37. The summed E-state index contributed by atoms with van der Waals surface area (Å²) >= 11 is 1.80. The molecule has 7 heteroatoms. The molecule has 0 aliphatic carbocycles. The molecule has 2 aromatic rings. The zero-order valence-corrected chi connectivity index (χ0v) is 16.8. The third kappa shape index (κ3) is 4.86. The van der Waals surface area contributed by atoms with Crippen molar-refractivity contribution in [2.75, 3.05) is 33.6 Å². The van der Waals surface area contributed by atoms with Crippen molar-refractivity contribution in [3.8, 4) is 17.2 Å². The van der Waals surface area contributed by atoms with Crippen LogP contribution in [0.5, 0.6) is 17.2 Å². The second-order valence-corrected chi connectivity index (χ2v) is 7.14. The number of hydrogen-bond acceptors (Lipinski definition) is 7. The van der Waals surface area contributed by atoms with Gasteiger partial charge in [-0.15, -0.1) is 0 Å². The first-order valence-corrected chi connectivity index (χ1v) is 9.84. The van der Waals surface area contributed by atoms with Crippen LogP contribution in [-0.2, 0) is 13.1 Å². The molecular weight excluding hydrogens is 362 g/mol. The highest BCUT2D eigenvalue weighted by molar-refractivity contribution is 8.13. The highest BCUT2D eigenvalue weighted by Gasteiger charge is 2.19. The summed E-state index contributed by atoms with van der Waals surface area (Å²) < 4.78 is 16.4. The molecule has 3 rings (SSSR count). The van der Waals surface area contributed by atoms with Gasteiger partial charge in [-0.2, -0.15) is 0 Å². The molecule has 0 saturated carbocycles. The van der Waals surface area contributed by atoms with Gasteiger partial charge in [-0.1, -0.05) is 17.8 Å². The number of nitrogens with zero attached hydrogens (tertiary/aromatic N) is 3. The van der Waals surface area contributed by atoms with E-state index in [2.05, 4.69) is 9.88 Å². The number of methoxy groups -OCH3 is 3. The summed E-state index contributed by atoms with van der Waals surface area (Å²) in [6.07, 6.45) is 2.94. The molecule has 0 fully saturated rings. The summed E-state index contributed by atoms with van der Waals surface area (Å²) in [7, 11) is 4.88. The van der Waals surface area contributed by atoms with E-state index >= 15 is 0 Å². The Balaban J connectivity index is 1.90. The lowest BCUT2D eigenvalue weighted by Gasteiger charge is -2.28. The van der Waals surface area contributed by atoms with Crippen molar-refractivity contribution < 1.29 is 14.2 Å². The number of hydrogen-bond donors (Lipinski definition) is 0. The standard InChI is InChI=1S/C20H25N3O3S/c1-24-17-11-15(12-18(25-2)19(17)26-3)13-23(20-22-9-6-10-27-20)14-16-7-4-5-8-21-16/h4-5,7-8,11-12H,6,9-10,13-14H2,1-3H3. The van der Waals surface area contributed by atoms with Gasteiger partial charge >= 0.3 is 0 Å². The third-order valence-electron chi connectivity index (χ3n) is 4.23. The van der Waals surface area contributed by atoms with Crippen LogP contribution in [0.2, 0.25) is 0 Å². The second kappa shape index (κ2) is 9.50. The normalized spacial score (nSPS) is 13.7. The minimum atomic E-state index is 0.601. The van der Waals surface area contributed by atoms with Gasteiger partial charge in [-0.05, 0) is 36.2 Å². The lowest BCUT2D eigenvalue weighted by molar-refractivity contribution is 0.322. The molecule has 1 aromatic heterocycles. The van der Waals surface area contributed by atoms with Gasteiger partial charge in [0.15, 0.2) is 16.7 Å². The van der Waals surface area contributed by atoms with E-state index in [4.69, 9.17) is 19.2 Å². The maximum absolute atomic E-state index is 5.49. The molecule has 2 heterocycles. The smallest absolute Gasteiger partial charge is 0.203 e. The summed E-state index contributed by atoms with van der Waals surface area (Å²) in [6, 6.07) is 9.95. The predicted molar refractivity (Wildman–Crippen MR) is 109 cm³/mol. The van der Waals surface area contributed by atoms with Gasteiger partial charge in [0.05, 0.1) is 33.6 Å². The zero-order valence-electron chi connectivity index (χ0n) is 16.0. The Hall–Kier alpha value is -2.41. The van der Waals surface area contributed by atoms with Crippen molar-refractivity contribution in [1.82, 2.24) is 9.88 Å². The van der Waals surface area contributed by atoms with Gasteiger partial charge in [0, 0.05) is 25.0 Å². The van der Waals surface area contributed by atoms with Gasteiger partial charge in [-0.3, -0.25) is 9.98 Å². The summed E-state index contributed by atoms with van der Waals surface area (Å²) in [4.78, 5) is 11.5. The van der Waals surface area contributed by atoms with Crippen LogP contribution in [0.15, 0.2) is 41.5 Å². The molecular formula is C20H25N3O3S. The molecule has 0 saturated heterocycles. The quantitative estimate of drug-likeness (QED) is 0.724. The molecule has 1 aliphatic rings. The number of aliphatic imine (C=N–C) groups is 1. The summed E-state index contributed by atoms with van der Waals surface area (Å²) in [5.41, 5.74) is 2.08. The van der Waals surface area contributed by atoms with Crippen LogP contribution < -0.4 is 14.2 Å². The largest absolute Gasteiger partial charge is 0.493 e. The summed E-state index contributed by atoms with van der Waals surface area (Å²) in [6.45, 7) is 2.25. The van der Waals surface area contributed by atoms with E-state index in [-0.39, 0.29) is 0 Å². The van der Waals surface area contributed by atoms with Gasteiger partial charge < -0.3 is 19.1 Å². The average molecular weight is 388 g/mol. The van der Waals surface area contributed by atoms with E-state index in [1.165, 1.54) is 0 Å². The van der Waals surface area contributed by atoms with E-state index in [0.717, 1.165) is 35.1 Å². The van der Waals surface area contributed by atoms with Gasteiger partial charge in [-0.25, -0.2) is 0 Å².